The van der Waals surface area contributed by atoms with Crippen LogP contribution in [0.1, 0.15) is 99.8 Å². The lowest BCUT2D eigenvalue weighted by atomic mass is 9.82. The molecule has 2 aliphatic heterocycles. The van der Waals surface area contributed by atoms with Crippen molar-refractivity contribution >= 4 is 0 Å². The zero-order chi connectivity index (χ0) is 42.7. The van der Waals surface area contributed by atoms with Crippen LogP contribution in [0, 0.1) is 53.3 Å². The van der Waals surface area contributed by atoms with Crippen molar-refractivity contribution in [3.63, 3.8) is 0 Å². The highest BCUT2D eigenvalue weighted by molar-refractivity contribution is 5.19. The molecule has 10 nitrogen and oxygen atoms in total. The molecule has 19 atom stereocenters. The smallest absolute Gasteiger partial charge is 0.158 e. The molecule has 0 radical (unpaired) electrons. The van der Waals surface area contributed by atoms with Crippen LogP contribution in [-0.4, -0.2) is 114 Å². The Morgan fingerprint density at radius 2 is 1.16 bits per heavy atom. The maximum absolute atomic E-state index is 11.4. The van der Waals surface area contributed by atoms with Gasteiger partial charge in [0.05, 0.1) is 36.6 Å². The van der Waals surface area contributed by atoms with E-state index in [9.17, 15) is 10.2 Å². The van der Waals surface area contributed by atoms with Crippen molar-refractivity contribution in [1.29, 1.82) is 0 Å². The molecule has 2 saturated carbocycles. The zero-order valence-electron chi connectivity index (χ0n) is 38.3. The van der Waals surface area contributed by atoms with Gasteiger partial charge in [-0.15, -0.1) is 0 Å². The van der Waals surface area contributed by atoms with Crippen LogP contribution in [-0.2, 0) is 37.9 Å². The van der Waals surface area contributed by atoms with Crippen LogP contribution in [0.5, 0.6) is 0 Å². The summed E-state index contributed by atoms with van der Waals surface area (Å²) in [5.41, 5.74) is 2.16. The molecular weight excluding hydrogens is 737 g/mol. The second-order valence-electron chi connectivity index (χ2n) is 18.2. The van der Waals surface area contributed by atoms with E-state index in [2.05, 4.69) is 78.8 Å². The Morgan fingerprint density at radius 1 is 0.638 bits per heavy atom. The molecule has 2 heterocycles. The van der Waals surface area contributed by atoms with E-state index in [4.69, 9.17) is 37.9 Å². The van der Waals surface area contributed by atoms with E-state index in [1.54, 1.807) is 35.5 Å². The molecule has 2 N–H and O–H groups in total. The largest absolute Gasteiger partial charge is 0.392 e. The summed E-state index contributed by atoms with van der Waals surface area (Å²) in [4.78, 5) is 0. The van der Waals surface area contributed by atoms with Gasteiger partial charge in [0.1, 0.15) is 12.2 Å². The minimum atomic E-state index is -0.416. The number of ether oxygens (including phenoxy) is 8. The summed E-state index contributed by atoms with van der Waals surface area (Å²) >= 11 is 0. The van der Waals surface area contributed by atoms with E-state index in [1.807, 2.05) is 13.2 Å². The first-order chi connectivity index (χ1) is 27.8. The summed E-state index contributed by atoms with van der Waals surface area (Å²) in [5, 5.41) is 22.6. The number of rotatable bonds is 24. The van der Waals surface area contributed by atoms with Gasteiger partial charge >= 0.3 is 0 Å². The third-order valence-corrected chi connectivity index (χ3v) is 14.5. The molecule has 4 aliphatic rings. The van der Waals surface area contributed by atoms with Crippen molar-refractivity contribution < 1.29 is 48.1 Å². The van der Waals surface area contributed by atoms with Crippen LogP contribution >= 0.6 is 0 Å². The Kier molecular flexibility index (Phi) is 20.1. The first-order valence-corrected chi connectivity index (χ1v) is 22.3. The fraction of sp³-hybridized carbons (Fsp3) is 0.833. The molecule has 0 aromatic carbocycles. The van der Waals surface area contributed by atoms with Crippen LogP contribution in [0.15, 0.2) is 47.6 Å². The summed E-state index contributed by atoms with van der Waals surface area (Å²) in [7, 11) is 10.5. The van der Waals surface area contributed by atoms with Gasteiger partial charge in [0.25, 0.3) is 0 Å². The number of hydrogen-bond acceptors (Lipinski definition) is 10. The van der Waals surface area contributed by atoms with Gasteiger partial charge in [0.2, 0.25) is 0 Å². The van der Waals surface area contributed by atoms with Gasteiger partial charge in [-0.25, -0.2) is 0 Å². The van der Waals surface area contributed by atoms with Crippen molar-refractivity contribution in [3.8, 4) is 0 Å². The molecule has 0 amide bonds. The van der Waals surface area contributed by atoms with Gasteiger partial charge in [0, 0.05) is 67.3 Å². The Labute approximate surface area is 352 Å². The maximum Gasteiger partial charge on any atom is 0.158 e. The van der Waals surface area contributed by atoms with E-state index in [-0.39, 0.29) is 79.0 Å². The first-order valence-electron chi connectivity index (χ1n) is 22.3. The van der Waals surface area contributed by atoms with Crippen molar-refractivity contribution in [1.82, 2.24) is 0 Å². The molecule has 10 heteroatoms. The first kappa shape index (κ1) is 49.2. The van der Waals surface area contributed by atoms with Crippen molar-refractivity contribution in [2.24, 2.45) is 53.3 Å². The number of allylic oxidation sites excluding steroid dienone is 4. The molecule has 2 saturated heterocycles. The number of hydrogen-bond donors (Lipinski definition) is 2. The van der Waals surface area contributed by atoms with Crippen molar-refractivity contribution in [2.75, 3.05) is 42.7 Å². The predicted octanol–water partition coefficient (Wildman–Crippen LogP) is 8.31. The lowest BCUT2D eigenvalue weighted by Gasteiger charge is -2.41. The van der Waals surface area contributed by atoms with Crippen LogP contribution in [0.25, 0.3) is 0 Å². The topological polar surface area (TPSA) is 114 Å². The highest BCUT2D eigenvalue weighted by atomic mass is 16.7. The van der Waals surface area contributed by atoms with E-state index >= 15 is 0 Å². The Balaban J connectivity index is 1.29. The van der Waals surface area contributed by atoms with E-state index in [0.29, 0.717) is 29.6 Å². The fourth-order valence-electron chi connectivity index (χ4n) is 10.3. The predicted molar refractivity (Wildman–Crippen MR) is 229 cm³/mol. The SMILES string of the molecule is CC[C@H](OC)[C@@H](C)[C@@H]1C[C@H]1[C@H](O)[C@@H](C)/C=C/C=C(\C)[C@@H]1O[C@@H](OC)CC(CC[C@H](OC)[C@@H](C)[C@@H]2C[C@H]2[C@H](O)[C@@H](C)/C=C/C=C(\C)[C@@H]2O[C@@H](OC)CC[C@H]2OC)[C@@H]1OC. The molecule has 58 heavy (non-hydrogen) atoms. The standard InChI is InChI=1S/C48H82O10/c1-14-39(51-8)32(6)35-26-37(35)44(49)29(3)18-16-20-31(5)47-48(56-13)34(25-43(55-12)58-47)21-22-40(52-9)33(7)36-27-38(36)45(50)28(2)17-15-19-30(4)46-41(53-10)23-24-42(54-11)57-46/h15-20,28-29,32-50H,14,21-27H2,1-13H3/b17-15+,18-16+,30-19+,31-20+/t28-,29-,32-,33-,34?,35-,36-,37+,38+,39-,40-,41+,42+,43+,44+,45+,46-,47-,48-/m0/s1. The fourth-order valence-corrected chi connectivity index (χ4v) is 10.3. The third kappa shape index (κ3) is 12.8. The summed E-state index contributed by atoms with van der Waals surface area (Å²) in [6.07, 6.45) is 18.3. The monoisotopic (exact) mass is 819 g/mol. The minimum Gasteiger partial charge on any atom is -0.392 e. The molecule has 334 valence electrons. The molecule has 4 fully saturated rings. The molecule has 1 unspecified atom stereocenters. The molecule has 4 rings (SSSR count). The Morgan fingerprint density at radius 3 is 1.64 bits per heavy atom. The molecule has 0 aromatic rings. The van der Waals surface area contributed by atoms with Crippen molar-refractivity contribution in [2.45, 2.75) is 161 Å². The van der Waals surface area contributed by atoms with Gasteiger partial charge in [-0.2, -0.15) is 0 Å². The van der Waals surface area contributed by atoms with Gasteiger partial charge in [-0.3, -0.25) is 0 Å². The quantitative estimate of drug-likeness (QED) is 0.0923. The average Bonchev–Trinajstić information content (AvgIpc) is 4.18. The summed E-state index contributed by atoms with van der Waals surface area (Å²) in [6.45, 7) is 15.1. The third-order valence-electron chi connectivity index (χ3n) is 14.5. The summed E-state index contributed by atoms with van der Waals surface area (Å²) < 4.78 is 47.5. The number of aliphatic hydroxyl groups excluding tert-OH is 2. The van der Waals surface area contributed by atoms with Crippen LogP contribution in [0.3, 0.4) is 0 Å². The molecule has 2 aliphatic carbocycles. The Hall–Kier alpha value is -1.44. The number of methoxy groups -OCH3 is 6. The summed E-state index contributed by atoms with van der Waals surface area (Å²) in [6, 6.07) is 0. The second-order valence-corrected chi connectivity index (χ2v) is 18.2. The zero-order valence-corrected chi connectivity index (χ0v) is 38.3. The molecule has 0 aromatic heterocycles. The van der Waals surface area contributed by atoms with Crippen LogP contribution < -0.4 is 0 Å². The Bertz CT molecular complexity index is 1330. The van der Waals surface area contributed by atoms with Crippen molar-refractivity contribution in [3.05, 3.63) is 47.6 Å². The van der Waals surface area contributed by atoms with Gasteiger partial charge in [0.15, 0.2) is 12.6 Å². The maximum atomic E-state index is 11.4. The lowest BCUT2D eigenvalue weighted by Crippen LogP contribution is -2.47. The lowest BCUT2D eigenvalue weighted by molar-refractivity contribution is -0.225. The number of aliphatic hydroxyl groups is 2. The van der Waals surface area contributed by atoms with E-state index in [1.165, 1.54) is 0 Å². The van der Waals surface area contributed by atoms with Gasteiger partial charge < -0.3 is 48.1 Å². The summed E-state index contributed by atoms with van der Waals surface area (Å²) in [5.74, 6) is 2.54. The minimum absolute atomic E-state index is 0.00511. The van der Waals surface area contributed by atoms with Gasteiger partial charge in [-0.05, 0) is 105 Å². The molecular formula is C48H82O10. The van der Waals surface area contributed by atoms with Crippen LogP contribution in [0.2, 0.25) is 0 Å². The molecule has 0 bridgehead atoms. The van der Waals surface area contributed by atoms with Gasteiger partial charge in [-0.1, -0.05) is 71.1 Å². The van der Waals surface area contributed by atoms with E-state index < -0.39 is 6.10 Å². The van der Waals surface area contributed by atoms with Crippen LogP contribution in [0.4, 0.5) is 0 Å². The highest BCUT2D eigenvalue weighted by Crippen LogP contribution is 2.51. The second kappa shape index (κ2) is 23.7. The average molecular weight is 819 g/mol. The highest BCUT2D eigenvalue weighted by Gasteiger charge is 2.50. The normalized spacial score (nSPS) is 36.4. The molecule has 0 spiro atoms. The van der Waals surface area contributed by atoms with E-state index in [0.717, 1.165) is 62.5 Å².